The minimum absolute atomic E-state index is 0.838. The molecule has 0 fully saturated rings. The van der Waals surface area contributed by atoms with Crippen LogP contribution in [0.1, 0.15) is 59.8 Å². The van der Waals surface area contributed by atoms with Crippen molar-refractivity contribution < 1.29 is 0 Å². The summed E-state index contributed by atoms with van der Waals surface area (Å²) in [4.78, 5) is 0. The van der Waals surface area contributed by atoms with E-state index in [9.17, 15) is 0 Å². The summed E-state index contributed by atoms with van der Waals surface area (Å²) < 4.78 is 0. The first kappa shape index (κ1) is 11.6. The Balaban J connectivity index is 3.00. The third-order valence-corrected chi connectivity index (χ3v) is 3.52. The summed E-state index contributed by atoms with van der Waals surface area (Å²) in [6.45, 7) is 9.21. The third-order valence-electron chi connectivity index (χ3n) is 3.52. The lowest BCUT2D eigenvalue weighted by Gasteiger charge is -2.27. The van der Waals surface area contributed by atoms with Gasteiger partial charge in [-0.1, -0.05) is 39.3 Å². The molecule has 0 aromatic carbocycles. The number of hydrogen-bond donors (Lipinski definition) is 0. The van der Waals surface area contributed by atoms with Gasteiger partial charge in [-0.3, -0.25) is 0 Å². The standard InChI is InChI=1S/C14H24/c1-5-11-9-10-12(6-2)14(8-4)13(11)7-3/h9,12H,5-8,10H2,1-4H3. The number of allylic oxidation sites excluding steroid dienone is 4. The van der Waals surface area contributed by atoms with E-state index in [-0.39, 0.29) is 0 Å². The fraction of sp³-hybridized carbons (Fsp3) is 0.714. The first-order chi connectivity index (χ1) is 6.78. The van der Waals surface area contributed by atoms with Crippen molar-refractivity contribution in [3.63, 3.8) is 0 Å². The number of hydrogen-bond acceptors (Lipinski definition) is 0. The Morgan fingerprint density at radius 2 is 1.79 bits per heavy atom. The zero-order valence-electron chi connectivity index (χ0n) is 10.2. The molecule has 80 valence electrons. The Hall–Kier alpha value is -0.520. The van der Waals surface area contributed by atoms with Gasteiger partial charge in [0.05, 0.1) is 0 Å². The van der Waals surface area contributed by atoms with E-state index in [1.165, 1.54) is 32.1 Å². The Morgan fingerprint density at radius 3 is 2.21 bits per heavy atom. The van der Waals surface area contributed by atoms with Gasteiger partial charge >= 0.3 is 0 Å². The van der Waals surface area contributed by atoms with Crippen LogP contribution in [-0.2, 0) is 0 Å². The maximum Gasteiger partial charge on any atom is -0.0165 e. The minimum Gasteiger partial charge on any atom is -0.0805 e. The summed E-state index contributed by atoms with van der Waals surface area (Å²) in [5.74, 6) is 0.838. The average Bonchev–Trinajstić information content (AvgIpc) is 2.26. The monoisotopic (exact) mass is 192 g/mol. The van der Waals surface area contributed by atoms with Crippen molar-refractivity contribution in [2.75, 3.05) is 0 Å². The molecule has 0 heterocycles. The molecule has 0 heteroatoms. The first-order valence-electron chi connectivity index (χ1n) is 6.19. The summed E-state index contributed by atoms with van der Waals surface area (Å²) in [7, 11) is 0. The van der Waals surface area contributed by atoms with Crippen molar-refractivity contribution in [3.05, 3.63) is 22.8 Å². The summed E-state index contributed by atoms with van der Waals surface area (Å²) in [6, 6.07) is 0. The molecule has 0 aromatic heterocycles. The minimum atomic E-state index is 0.838. The van der Waals surface area contributed by atoms with Crippen molar-refractivity contribution in [2.24, 2.45) is 5.92 Å². The molecule has 0 nitrogen and oxygen atoms in total. The topological polar surface area (TPSA) is 0 Å². The molecule has 0 aliphatic heterocycles. The molecule has 0 N–H and O–H groups in total. The molecule has 0 saturated carbocycles. The van der Waals surface area contributed by atoms with Crippen LogP contribution >= 0.6 is 0 Å². The summed E-state index contributed by atoms with van der Waals surface area (Å²) in [5, 5.41) is 0. The molecule has 1 unspecified atom stereocenters. The van der Waals surface area contributed by atoms with Crippen molar-refractivity contribution in [2.45, 2.75) is 59.8 Å². The Bertz CT molecular complexity index is 243. The lowest BCUT2D eigenvalue weighted by atomic mass is 9.79. The van der Waals surface area contributed by atoms with Crippen LogP contribution in [0.4, 0.5) is 0 Å². The summed E-state index contributed by atoms with van der Waals surface area (Å²) in [6.07, 6.45) is 8.75. The Kier molecular flexibility index (Phi) is 4.44. The lowest BCUT2D eigenvalue weighted by molar-refractivity contribution is 0.560. The summed E-state index contributed by atoms with van der Waals surface area (Å²) >= 11 is 0. The second-order valence-electron chi connectivity index (χ2n) is 4.13. The largest absolute Gasteiger partial charge is 0.0805 e. The van der Waals surface area contributed by atoms with Crippen LogP contribution < -0.4 is 0 Å². The fourth-order valence-electron chi connectivity index (χ4n) is 2.73. The van der Waals surface area contributed by atoms with Gasteiger partial charge in [-0.25, -0.2) is 0 Å². The highest BCUT2D eigenvalue weighted by Gasteiger charge is 2.19. The molecule has 0 amide bonds. The molecule has 0 radical (unpaired) electrons. The van der Waals surface area contributed by atoms with Gasteiger partial charge in [-0.2, -0.15) is 0 Å². The zero-order valence-corrected chi connectivity index (χ0v) is 10.2. The van der Waals surface area contributed by atoms with Gasteiger partial charge in [0.15, 0.2) is 0 Å². The molecule has 1 rings (SSSR count). The van der Waals surface area contributed by atoms with Gasteiger partial charge in [0.2, 0.25) is 0 Å². The predicted octanol–water partition coefficient (Wildman–Crippen LogP) is 4.87. The van der Waals surface area contributed by atoms with Crippen LogP contribution in [0.5, 0.6) is 0 Å². The van der Waals surface area contributed by atoms with Gasteiger partial charge in [0.1, 0.15) is 0 Å². The molecule has 0 saturated heterocycles. The van der Waals surface area contributed by atoms with Crippen molar-refractivity contribution >= 4 is 0 Å². The van der Waals surface area contributed by atoms with Crippen LogP contribution in [0.15, 0.2) is 22.8 Å². The van der Waals surface area contributed by atoms with Gasteiger partial charge in [0.25, 0.3) is 0 Å². The van der Waals surface area contributed by atoms with Crippen molar-refractivity contribution in [1.29, 1.82) is 0 Å². The maximum absolute atomic E-state index is 2.48. The lowest BCUT2D eigenvalue weighted by Crippen LogP contribution is -2.11. The van der Waals surface area contributed by atoms with E-state index in [4.69, 9.17) is 0 Å². The van der Waals surface area contributed by atoms with Gasteiger partial charge in [-0.15, -0.1) is 0 Å². The van der Waals surface area contributed by atoms with E-state index >= 15 is 0 Å². The quantitative estimate of drug-likeness (QED) is 0.596. The van der Waals surface area contributed by atoms with E-state index in [2.05, 4.69) is 33.8 Å². The third kappa shape index (κ3) is 2.10. The van der Waals surface area contributed by atoms with E-state index < -0.39 is 0 Å². The molecule has 14 heavy (non-hydrogen) atoms. The fourth-order valence-corrected chi connectivity index (χ4v) is 2.73. The zero-order chi connectivity index (χ0) is 10.6. The van der Waals surface area contributed by atoms with Crippen LogP contribution in [0.3, 0.4) is 0 Å². The molecule has 0 spiro atoms. The molecule has 1 aliphatic rings. The van der Waals surface area contributed by atoms with Crippen molar-refractivity contribution in [3.8, 4) is 0 Å². The van der Waals surface area contributed by atoms with Crippen LogP contribution in [0.2, 0.25) is 0 Å². The maximum atomic E-state index is 2.48. The molecule has 1 atom stereocenters. The average molecular weight is 192 g/mol. The second kappa shape index (κ2) is 5.38. The van der Waals surface area contributed by atoms with E-state index in [1.54, 1.807) is 16.7 Å². The molecule has 1 aliphatic carbocycles. The molecule has 0 bridgehead atoms. The van der Waals surface area contributed by atoms with Crippen LogP contribution in [-0.4, -0.2) is 0 Å². The second-order valence-corrected chi connectivity index (χ2v) is 4.13. The van der Waals surface area contributed by atoms with Gasteiger partial charge in [0, 0.05) is 0 Å². The van der Waals surface area contributed by atoms with Crippen LogP contribution in [0, 0.1) is 5.92 Å². The smallest absolute Gasteiger partial charge is 0.0165 e. The number of rotatable bonds is 4. The first-order valence-corrected chi connectivity index (χ1v) is 6.19. The molecular formula is C14H24. The van der Waals surface area contributed by atoms with E-state index in [0.29, 0.717) is 0 Å². The summed E-state index contributed by atoms with van der Waals surface area (Å²) in [5.41, 5.74) is 5.04. The van der Waals surface area contributed by atoms with E-state index in [0.717, 1.165) is 5.92 Å². The van der Waals surface area contributed by atoms with Crippen molar-refractivity contribution in [1.82, 2.24) is 0 Å². The van der Waals surface area contributed by atoms with Gasteiger partial charge < -0.3 is 0 Å². The molecule has 0 aromatic rings. The van der Waals surface area contributed by atoms with E-state index in [1.807, 2.05) is 0 Å². The SMILES string of the molecule is CCC1=CCC(CC)C(CC)=C1CC. The molecular weight excluding hydrogens is 168 g/mol. The highest BCUT2D eigenvalue weighted by atomic mass is 14.2. The highest BCUT2D eigenvalue weighted by molar-refractivity contribution is 5.39. The Labute approximate surface area is 89.1 Å². The predicted molar refractivity (Wildman–Crippen MR) is 64.4 cm³/mol. The Morgan fingerprint density at radius 1 is 1.07 bits per heavy atom. The van der Waals surface area contributed by atoms with Gasteiger partial charge in [-0.05, 0) is 49.2 Å². The normalized spacial score (nSPS) is 22.6. The highest BCUT2D eigenvalue weighted by Crippen LogP contribution is 2.36. The van der Waals surface area contributed by atoms with Crippen LogP contribution in [0.25, 0.3) is 0 Å².